The maximum Gasteiger partial charge on any atom is 0.190 e. The Bertz CT molecular complexity index is 737. The van der Waals surface area contributed by atoms with Gasteiger partial charge in [0.1, 0.15) is 23.9 Å². The van der Waals surface area contributed by atoms with E-state index in [-0.39, 0.29) is 35.1 Å². The van der Waals surface area contributed by atoms with Crippen molar-refractivity contribution in [3.05, 3.63) is 0 Å². The highest BCUT2D eigenvalue weighted by molar-refractivity contribution is 5.90. The summed E-state index contributed by atoms with van der Waals surface area (Å²) in [7, 11) is 0. The molecular weight excluding hydrogens is 360 g/mol. The second-order valence-corrected chi connectivity index (χ2v) is 10.4. The zero-order valence-corrected chi connectivity index (χ0v) is 16.8. The van der Waals surface area contributed by atoms with Gasteiger partial charge in [-0.3, -0.25) is 9.59 Å². The molecule has 0 amide bonds. The minimum absolute atomic E-state index is 0.0361. The number of Topliss-reactive ketones (excluding diaryl/α,β-unsaturated/α-hetero) is 2. The van der Waals surface area contributed by atoms with Gasteiger partial charge in [0, 0.05) is 17.3 Å². The van der Waals surface area contributed by atoms with Gasteiger partial charge in [0.05, 0.1) is 6.10 Å². The maximum atomic E-state index is 12.5. The van der Waals surface area contributed by atoms with Crippen LogP contribution >= 0.6 is 0 Å². The number of carbonyl (C=O) groups excluding carboxylic acids is 2. The van der Waals surface area contributed by atoms with Gasteiger partial charge >= 0.3 is 0 Å². The highest BCUT2D eigenvalue weighted by Gasteiger charge is 2.79. The molecule has 4 aliphatic carbocycles. The van der Waals surface area contributed by atoms with Crippen LogP contribution in [0, 0.1) is 28.6 Å². The molecule has 0 radical (unpaired) electrons. The van der Waals surface area contributed by atoms with E-state index in [9.17, 15) is 24.9 Å². The molecule has 156 valence electrons. The van der Waals surface area contributed by atoms with Crippen LogP contribution in [-0.2, 0) is 14.3 Å². The topological polar surface area (TPSA) is 107 Å². The Morgan fingerprint density at radius 1 is 1.25 bits per heavy atom. The van der Waals surface area contributed by atoms with Gasteiger partial charge in [-0.25, -0.2) is 0 Å². The molecule has 8 unspecified atom stereocenters. The molecule has 3 N–H and O–H groups in total. The molecule has 5 fully saturated rings. The van der Waals surface area contributed by atoms with Gasteiger partial charge in [-0.15, -0.1) is 0 Å². The lowest BCUT2D eigenvalue weighted by molar-refractivity contribution is -0.203. The van der Waals surface area contributed by atoms with Crippen LogP contribution in [0.15, 0.2) is 0 Å². The summed E-state index contributed by atoms with van der Waals surface area (Å²) in [6.45, 7) is 3.42. The zero-order chi connectivity index (χ0) is 20.1. The Balaban J connectivity index is 1.55. The summed E-state index contributed by atoms with van der Waals surface area (Å²) in [5.41, 5.74) is -2.88. The first kappa shape index (κ1) is 19.2. The number of ether oxygens (including phenoxy) is 1. The maximum absolute atomic E-state index is 12.5. The van der Waals surface area contributed by atoms with Crippen molar-refractivity contribution < 1.29 is 29.6 Å². The van der Waals surface area contributed by atoms with Crippen molar-refractivity contribution in [1.82, 2.24) is 0 Å². The zero-order valence-electron chi connectivity index (χ0n) is 16.8. The summed E-state index contributed by atoms with van der Waals surface area (Å²) in [6, 6.07) is 0. The third-order valence-corrected chi connectivity index (χ3v) is 9.98. The van der Waals surface area contributed by atoms with Gasteiger partial charge in [-0.05, 0) is 62.7 Å². The molecule has 1 aliphatic heterocycles. The summed E-state index contributed by atoms with van der Waals surface area (Å²) in [6.07, 6.45) is 4.35. The highest BCUT2D eigenvalue weighted by Crippen LogP contribution is 2.74. The van der Waals surface area contributed by atoms with Gasteiger partial charge in [-0.2, -0.15) is 0 Å². The Hall–Kier alpha value is -0.820. The summed E-state index contributed by atoms with van der Waals surface area (Å²) >= 11 is 0. The van der Waals surface area contributed by atoms with E-state index in [1.165, 1.54) is 0 Å². The quantitative estimate of drug-likeness (QED) is 0.627. The van der Waals surface area contributed by atoms with E-state index in [0.717, 1.165) is 32.1 Å². The monoisotopic (exact) mass is 392 g/mol. The lowest BCUT2D eigenvalue weighted by atomic mass is 9.42. The molecule has 5 rings (SSSR count). The molecule has 1 heterocycles. The van der Waals surface area contributed by atoms with Crippen molar-refractivity contribution in [1.29, 1.82) is 0 Å². The van der Waals surface area contributed by atoms with Gasteiger partial charge in [0.15, 0.2) is 11.6 Å². The Morgan fingerprint density at radius 2 is 2.00 bits per heavy atom. The second kappa shape index (κ2) is 5.65. The van der Waals surface area contributed by atoms with Crippen LogP contribution < -0.4 is 0 Å². The average Bonchev–Trinajstić information content (AvgIpc) is 3.36. The first-order valence-electron chi connectivity index (χ1n) is 11.0. The number of ketones is 2. The normalized spacial score (nSPS) is 57.0. The van der Waals surface area contributed by atoms with E-state index in [2.05, 4.69) is 6.92 Å². The Morgan fingerprint density at radius 3 is 2.68 bits per heavy atom. The number of fused-ring (bicyclic) bond motifs is 4. The molecule has 28 heavy (non-hydrogen) atoms. The molecule has 0 aromatic heterocycles. The smallest absolute Gasteiger partial charge is 0.190 e. The third kappa shape index (κ3) is 1.89. The largest absolute Gasteiger partial charge is 0.393 e. The van der Waals surface area contributed by atoms with Gasteiger partial charge in [0.2, 0.25) is 0 Å². The van der Waals surface area contributed by atoms with Crippen molar-refractivity contribution in [2.75, 3.05) is 6.61 Å². The first-order chi connectivity index (χ1) is 13.2. The SMILES string of the molecule is CCC12CCC(=O)C3OC31CCC1C2C(O)CC2(C)C1CC[C@]2(O)C(=O)CO. The van der Waals surface area contributed by atoms with Crippen LogP contribution in [0.5, 0.6) is 0 Å². The van der Waals surface area contributed by atoms with Crippen LogP contribution in [-0.4, -0.2) is 56.9 Å². The van der Waals surface area contributed by atoms with E-state index in [1.54, 1.807) is 0 Å². The van der Waals surface area contributed by atoms with Crippen LogP contribution in [0.2, 0.25) is 0 Å². The van der Waals surface area contributed by atoms with Crippen LogP contribution in [0.3, 0.4) is 0 Å². The number of epoxide rings is 1. The summed E-state index contributed by atoms with van der Waals surface area (Å²) in [4.78, 5) is 24.8. The predicted molar refractivity (Wildman–Crippen MR) is 99.3 cm³/mol. The molecule has 1 spiro atoms. The Kier molecular flexibility index (Phi) is 3.87. The van der Waals surface area contributed by atoms with E-state index < -0.39 is 35.1 Å². The molecule has 6 nitrogen and oxygen atoms in total. The molecule has 1 saturated heterocycles. The highest BCUT2D eigenvalue weighted by atomic mass is 16.6. The number of hydrogen-bond donors (Lipinski definition) is 3. The fraction of sp³-hybridized carbons (Fsp3) is 0.909. The number of aliphatic hydroxyl groups excluding tert-OH is 2. The number of rotatable bonds is 3. The lowest BCUT2D eigenvalue weighted by Crippen LogP contribution is -2.65. The first-order valence-corrected chi connectivity index (χ1v) is 11.0. The molecule has 4 saturated carbocycles. The number of aliphatic hydroxyl groups is 3. The lowest BCUT2D eigenvalue weighted by Gasteiger charge is -2.62. The van der Waals surface area contributed by atoms with Crippen molar-refractivity contribution >= 4 is 11.6 Å². The fourth-order valence-electron chi connectivity index (χ4n) is 8.68. The summed E-state index contributed by atoms with van der Waals surface area (Å²) in [5.74, 6) is 0.0693. The fourth-order valence-corrected chi connectivity index (χ4v) is 8.68. The van der Waals surface area contributed by atoms with Gasteiger partial charge in [-0.1, -0.05) is 13.8 Å². The van der Waals surface area contributed by atoms with Crippen LogP contribution in [0.25, 0.3) is 0 Å². The summed E-state index contributed by atoms with van der Waals surface area (Å²) < 4.78 is 6.11. The minimum Gasteiger partial charge on any atom is -0.393 e. The van der Waals surface area contributed by atoms with Crippen molar-refractivity contribution in [2.24, 2.45) is 28.6 Å². The van der Waals surface area contributed by atoms with Crippen molar-refractivity contribution in [3.63, 3.8) is 0 Å². The van der Waals surface area contributed by atoms with Gasteiger partial charge in [0.25, 0.3) is 0 Å². The van der Waals surface area contributed by atoms with Crippen LogP contribution in [0.4, 0.5) is 0 Å². The summed E-state index contributed by atoms with van der Waals surface area (Å²) in [5, 5.41) is 32.1. The minimum atomic E-state index is -1.56. The van der Waals surface area contributed by atoms with E-state index in [4.69, 9.17) is 4.74 Å². The molecule has 6 heteroatoms. The molecule has 0 aromatic rings. The van der Waals surface area contributed by atoms with Gasteiger partial charge < -0.3 is 20.1 Å². The molecule has 9 atom stereocenters. The van der Waals surface area contributed by atoms with Crippen LogP contribution in [0.1, 0.15) is 65.2 Å². The number of hydrogen-bond acceptors (Lipinski definition) is 6. The van der Waals surface area contributed by atoms with Crippen molar-refractivity contribution in [2.45, 2.75) is 88.6 Å². The van der Waals surface area contributed by atoms with E-state index >= 15 is 0 Å². The third-order valence-electron chi connectivity index (χ3n) is 9.98. The van der Waals surface area contributed by atoms with Crippen molar-refractivity contribution in [3.8, 4) is 0 Å². The standard InChI is InChI=1S/C22H32O6/c1-3-20-7-6-14(24)18-22(20,28-18)9-4-12-13-5-8-21(27,16(26)11-23)19(13,2)10-15(25)17(12)20/h12-13,15,17-18,23,25,27H,3-11H2,1-2H3/t12?,13?,15?,17?,18?,19?,20?,21-,22?/m0/s1. The second-order valence-electron chi connectivity index (χ2n) is 10.4. The molecule has 5 aliphatic rings. The predicted octanol–water partition coefficient (Wildman–Crippen LogP) is 1.38. The van der Waals surface area contributed by atoms with E-state index in [0.29, 0.717) is 19.3 Å². The molecule has 0 aromatic carbocycles. The molecular formula is C22H32O6. The van der Waals surface area contributed by atoms with E-state index in [1.807, 2.05) is 6.92 Å². The molecule has 0 bridgehead atoms. The number of carbonyl (C=O) groups is 2. The average molecular weight is 392 g/mol. The Labute approximate surface area is 165 Å².